The normalized spacial score (nSPS) is 10.0. The van der Waals surface area contributed by atoms with Gasteiger partial charge in [0.05, 0.1) is 11.8 Å². The van der Waals surface area contributed by atoms with Gasteiger partial charge in [-0.15, -0.1) is 0 Å². The molecule has 0 N–H and O–H groups in total. The van der Waals surface area contributed by atoms with Crippen LogP contribution in [0, 0.1) is 0 Å². The topological polar surface area (TPSA) is 60.9 Å². The minimum absolute atomic E-state index is 0.512. The highest BCUT2D eigenvalue weighted by Crippen LogP contribution is 2.03. The van der Waals surface area contributed by atoms with E-state index in [0.29, 0.717) is 11.4 Å². The van der Waals surface area contributed by atoms with Gasteiger partial charge in [-0.25, -0.2) is 4.68 Å². The van der Waals surface area contributed by atoms with Crippen molar-refractivity contribution < 1.29 is 9.21 Å². The molecule has 60 valence electrons. The molecule has 0 amide bonds. The highest BCUT2D eigenvalue weighted by atomic mass is 16.3. The Labute approximate surface area is 67.6 Å². The molecule has 5 nitrogen and oxygen atoms in total. The third-order valence-electron chi connectivity index (χ3n) is 1.39. The number of carbonyl (C=O) groups excluding carboxylic acids is 1. The summed E-state index contributed by atoms with van der Waals surface area (Å²) in [6.45, 7) is 0. The van der Waals surface area contributed by atoms with Gasteiger partial charge in [0.2, 0.25) is 0 Å². The zero-order chi connectivity index (χ0) is 8.39. The van der Waals surface area contributed by atoms with Crippen molar-refractivity contribution in [2.45, 2.75) is 0 Å². The Hall–Kier alpha value is -1.91. The van der Waals surface area contributed by atoms with Gasteiger partial charge in [0.15, 0.2) is 18.5 Å². The average molecular weight is 163 g/mol. The smallest absolute Gasteiger partial charge is 0.192 e. The Morgan fingerprint density at radius 1 is 1.58 bits per heavy atom. The van der Waals surface area contributed by atoms with Gasteiger partial charge in [0.25, 0.3) is 0 Å². The van der Waals surface area contributed by atoms with Gasteiger partial charge in [0, 0.05) is 6.20 Å². The molecule has 0 aliphatic rings. The molecule has 5 heteroatoms. The lowest BCUT2D eigenvalue weighted by Crippen LogP contribution is -1.93. The fraction of sp³-hybridized carbons (Fsp3) is 0. The molecule has 0 atom stereocenters. The van der Waals surface area contributed by atoms with Crippen molar-refractivity contribution in [1.29, 1.82) is 0 Å². The molecular weight excluding hydrogens is 158 g/mol. The molecule has 0 aliphatic carbocycles. The summed E-state index contributed by atoms with van der Waals surface area (Å²) in [5.74, 6) is 0.558. The number of hydrogen-bond acceptors (Lipinski definition) is 4. The van der Waals surface area contributed by atoms with E-state index in [-0.39, 0.29) is 0 Å². The highest BCUT2D eigenvalue weighted by Gasteiger charge is 2.00. The first-order valence-electron chi connectivity index (χ1n) is 3.28. The molecular formula is C7H5N3O2. The maximum absolute atomic E-state index is 10.3. The van der Waals surface area contributed by atoms with Crippen LogP contribution >= 0.6 is 0 Å². The van der Waals surface area contributed by atoms with Crippen molar-refractivity contribution in [1.82, 2.24) is 14.8 Å². The number of nitrogens with zero attached hydrogens (tertiary/aromatic N) is 3. The Morgan fingerprint density at radius 2 is 2.50 bits per heavy atom. The van der Waals surface area contributed by atoms with E-state index in [9.17, 15) is 4.79 Å². The minimum Gasteiger partial charge on any atom is -0.449 e. The minimum atomic E-state index is 0.512. The van der Waals surface area contributed by atoms with Crippen molar-refractivity contribution >= 4 is 6.29 Å². The lowest BCUT2D eigenvalue weighted by Gasteiger charge is -1.89. The quantitative estimate of drug-likeness (QED) is 0.610. The number of aldehydes is 1. The molecule has 0 unspecified atom stereocenters. The molecule has 0 aromatic carbocycles. The zero-order valence-corrected chi connectivity index (χ0v) is 6.04. The summed E-state index contributed by atoms with van der Waals surface area (Å²) in [6, 6.07) is 0. The molecule has 0 fully saturated rings. The molecule has 12 heavy (non-hydrogen) atoms. The van der Waals surface area contributed by atoms with Crippen LogP contribution in [0.2, 0.25) is 0 Å². The predicted molar refractivity (Wildman–Crippen MR) is 39.0 cm³/mol. The van der Waals surface area contributed by atoms with E-state index >= 15 is 0 Å². The first-order valence-corrected chi connectivity index (χ1v) is 3.28. The maximum Gasteiger partial charge on any atom is 0.192 e. The van der Waals surface area contributed by atoms with Crippen LogP contribution < -0.4 is 0 Å². The van der Waals surface area contributed by atoms with Gasteiger partial charge in [-0.1, -0.05) is 0 Å². The van der Waals surface area contributed by atoms with E-state index in [0.717, 1.165) is 6.29 Å². The van der Waals surface area contributed by atoms with Crippen molar-refractivity contribution in [2.75, 3.05) is 0 Å². The van der Waals surface area contributed by atoms with E-state index in [1.807, 2.05) is 0 Å². The van der Waals surface area contributed by atoms with Crippen LogP contribution in [0.3, 0.4) is 0 Å². The number of oxazole rings is 1. The monoisotopic (exact) mass is 163 g/mol. The van der Waals surface area contributed by atoms with Crippen molar-refractivity contribution in [3.8, 4) is 5.82 Å². The molecule has 0 spiro atoms. The number of rotatable bonds is 2. The van der Waals surface area contributed by atoms with Crippen LogP contribution in [0.1, 0.15) is 10.4 Å². The summed E-state index contributed by atoms with van der Waals surface area (Å²) in [7, 11) is 0. The van der Waals surface area contributed by atoms with Gasteiger partial charge >= 0.3 is 0 Å². The lowest BCUT2D eigenvalue weighted by atomic mass is 10.4. The molecule has 0 saturated carbocycles. The summed E-state index contributed by atoms with van der Waals surface area (Å²) < 4.78 is 6.22. The van der Waals surface area contributed by atoms with E-state index in [4.69, 9.17) is 4.42 Å². The van der Waals surface area contributed by atoms with Gasteiger partial charge in [0.1, 0.15) is 6.26 Å². The Bertz CT molecular complexity index is 377. The van der Waals surface area contributed by atoms with Crippen LogP contribution in [0.5, 0.6) is 0 Å². The Morgan fingerprint density at radius 3 is 3.08 bits per heavy atom. The summed E-state index contributed by atoms with van der Waals surface area (Å²) >= 11 is 0. The summed E-state index contributed by atoms with van der Waals surface area (Å²) in [4.78, 5) is 14.1. The highest BCUT2D eigenvalue weighted by molar-refractivity contribution is 5.73. The molecule has 0 bridgehead atoms. The molecule has 0 radical (unpaired) electrons. The number of hydrogen-bond donors (Lipinski definition) is 0. The largest absolute Gasteiger partial charge is 0.449 e. The van der Waals surface area contributed by atoms with E-state index in [1.165, 1.54) is 23.5 Å². The molecule has 0 aliphatic heterocycles. The summed E-state index contributed by atoms with van der Waals surface area (Å²) in [5.41, 5.74) is 0.512. The zero-order valence-electron chi connectivity index (χ0n) is 6.04. The van der Waals surface area contributed by atoms with Crippen LogP contribution in [0.15, 0.2) is 29.5 Å². The fourth-order valence-corrected chi connectivity index (χ4v) is 0.842. The van der Waals surface area contributed by atoms with Crippen molar-refractivity contribution in [3.05, 3.63) is 30.6 Å². The average Bonchev–Trinajstić information content (AvgIpc) is 2.75. The fourth-order valence-electron chi connectivity index (χ4n) is 0.842. The van der Waals surface area contributed by atoms with Gasteiger partial charge in [-0.05, 0) is 0 Å². The Balaban J connectivity index is 2.41. The molecule has 2 rings (SSSR count). The first-order chi connectivity index (χ1) is 5.90. The lowest BCUT2D eigenvalue weighted by molar-refractivity contribution is 0.112. The molecule has 2 aromatic heterocycles. The first kappa shape index (κ1) is 6.78. The molecule has 2 aromatic rings. The van der Waals surface area contributed by atoms with Crippen LogP contribution in [-0.2, 0) is 0 Å². The van der Waals surface area contributed by atoms with Crippen LogP contribution in [0.4, 0.5) is 0 Å². The summed E-state index contributed by atoms with van der Waals surface area (Å²) in [5, 5.41) is 3.89. The standard InChI is InChI=1S/C7H5N3O2/c11-3-6-1-9-10(2-6)7-4-12-5-8-7/h1-5H. The number of aromatic nitrogens is 3. The van der Waals surface area contributed by atoms with Gasteiger partial charge < -0.3 is 4.42 Å². The molecule has 0 saturated heterocycles. The van der Waals surface area contributed by atoms with Crippen molar-refractivity contribution in [2.24, 2.45) is 0 Å². The van der Waals surface area contributed by atoms with Crippen molar-refractivity contribution in [3.63, 3.8) is 0 Å². The summed E-state index contributed by atoms with van der Waals surface area (Å²) in [6.07, 6.45) is 6.51. The second-order valence-corrected chi connectivity index (χ2v) is 2.18. The molecule has 2 heterocycles. The second kappa shape index (κ2) is 2.61. The second-order valence-electron chi connectivity index (χ2n) is 2.18. The van der Waals surface area contributed by atoms with E-state index in [2.05, 4.69) is 10.1 Å². The van der Waals surface area contributed by atoms with Crippen LogP contribution in [-0.4, -0.2) is 21.1 Å². The Kier molecular flexibility index (Phi) is 1.48. The van der Waals surface area contributed by atoms with E-state index in [1.54, 1.807) is 6.20 Å². The number of carbonyl (C=O) groups is 1. The van der Waals surface area contributed by atoms with Gasteiger partial charge in [-0.2, -0.15) is 10.1 Å². The maximum atomic E-state index is 10.3. The predicted octanol–water partition coefficient (Wildman–Crippen LogP) is 0.673. The van der Waals surface area contributed by atoms with E-state index < -0.39 is 0 Å². The SMILES string of the molecule is O=Cc1cnn(-c2cocn2)c1. The third-order valence-corrected chi connectivity index (χ3v) is 1.39. The van der Waals surface area contributed by atoms with Crippen LogP contribution in [0.25, 0.3) is 5.82 Å². The van der Waals surface area contributed by atoms with Gasteiger partial charge in [-0.3, -0.25) is 4.79 Å². The third kappa shape index (κ3) is 1.01.